The lowest BCUT2D eigenvalue weighted by atomic mass is 10.0. The maximum Gasteiger partial charge on any atom is 0.235 e. The highest BCUT2D eigenvalue weighted by Crippen LogP contribution is 2.16. The fourth-order valence-corrected chi connectivity index (χ4v) is 4.15. The van der Waals surface area contributed by atoms with Crippen molar-refractivity contribution in [2.24, 2.45) is 5.92 Å². The number of benzene rings is 1. The van der Waals surface area contributed by atoms with Crippen molar-refractivity contribution in [2.45, 2.75) is 24.8 Å². The SMILES string of the molecule is CC(C)C(CNC(=O)CS(=O)(=O)c1ccc(Cl)cc1)N1CCOCC1. The number of carbonyl (C=O) groups is 1. The lowest BCUT2D eigenvalue weighted by Gasteiger charge is -2.36. The first-order valence-electron chi connectivity index (χ1n) is 8.36. The summed E-state index contributed by atoms with van der Waals surface area (Å²) in [4.78, 5) is 14.5. The van der Waals surface area contributed by atoms with Crippen LogP contribution in [0.4, 0.5) is 0 Å². The minimum absolute atomic E-state index is 0.0978. The van der Waals surface area contributed by atoms with Gasteiger partial charge in [-0.1, -0.05) is 25.4 Å². The second kappa shape index (κ2) is 8.98. The second-order valence-electron chi connectivity index (χ2n) is 6.48. The van der Waals surface area contributed by atoms with Crippen molar-refractivity contribution in [3.8, 4) is 0 Å². The highest BCUT2D eigenvalue weighted by atomic mass is 35.5. The first kappa shape index (κ1) is 20.2. The first-order chi connectivity index (χ1) is 11.8. The Morgan fingerprint density at radius 1 is 1.24 bits per heavy atom. The number of morpholine rings is 1. The van der Waals surface area contributed by atoms with Gasteiger partial charge in [-0.15, -0.1) is 0 Å². The Kier molecular flexibility index (Phi) is 7.25. The van der Waals surface area contributed by atoms with Crippen molar-refractivity contribution in [1.82, 2.24) is 10.2 Å². The van der Waals surface area contributed by atoms with E-state index >= 15 is 0 Å². The van der Waals surface area contributed by atoms with E-state index in [9.17, 15) is 13.2 Å². The summed E-state index contributed by atoms with van der Waals surface area (Å²) in [7, 11) is -3.67. The van der Waals surface area contributed by atoms with Crippen LogP contribution in [0.2, 0.25) is 5.02 Å². The van der Waals surface area contributed by atoms with E-state index in [1.165, 1.54) is 24.3 Å². The Morgan fingerprint density at radius 3 is 2.40 bits per heavy atom. The van der Waals surface area contributed by atoms with E-state index in [1.807, 2.05) is 0 Å². The van der Waals surface area contributed by atoms with Crippen molar-refractivity contribution in [1.29, 1.82) is 0 Å². The van der Waals surface area contributed by atoms with Crippen molar-refractivity contribution in [3.63, 3.8) is 0 Å². The van der Waals surface area contributed by atoms with E-state index in [0.717, 1.165) is 13.1 Å². The average molecular weight is 389 g/mol. The Balaban J connectivity index is 1.93. The number of nitrogens with one attached hydrogen (secondary N) is 1. The molecule has 1 aliphatic heterocycles. The molecule has 1 atom stereocenters. The number of hydrogen-bond acceptors (Lipinski definition) is 5. The van der Waals surface area contributed by atoms with Gasteiger partial charge in [0, 0.05) is 30.7 Å². The number of halogens is 1. The van der Waals surface area contributed by atoms with Gasteiger partial charge in [0.1, 0.15) is 5.75 Å². The lowest BCUT2D eigenvalue weighted by Crippen LogP contribution is -2.51. The minimum atomic E-state index is -3.67. The standard InChI is InChI=1S/C17H25ClN2O4S/c1-13(2)16(20-7-9-24-10-8-20)11-19-17(21)12-25(22,23)15-5-3-14(18)4-6-15/h3-6,13,16H,7-12H2,1-2H3,(H,19,21). The zero-order valence-corrected chi connectivity index (χ0v) is 16.1. The number of nitrogens with zero attached hydrogens (tertiary/aromatic N) is 1. The average Bonchev–Trinajstić information content (AvgIpc) is 2.55. The Labute approximate surface area is 154 Å². The molecule has 2 rings (SSSR count). The molecule has 1 fully saturated rings. The van der Waals surface area contributed by atoms with Gasteiger partial charge in [0.2, 0.25) is 5.91 Å². The summed E-state index contributed by atoms with van der Waals surface area (Å²) in [5.74, 6) is -0.720. The molecule has 1 N–H and O–H groups in total. The summed E-state index contributed by atoms with van der Waals surface area (Å²) in [6, 6.07) is 5.98. The molecule has 1 heterocycles. The fraction of sp³-hybridized carbons (Fsp3) is 0.588. The van der Waals surface area contributed by atoms with Crippen LogP contribution < -0.4 is 5.32 Å². The number of ether oxygens (including phenoxy) is 1. The third-order valence-electron chi connectivity index (χ3n) is 4.29. The van der Waals surface area contributed by atoms with Crippen LogP contribution in [-0.4, -0.2) is 63.9 Å². The largest absolute Gasteiger partial charge is 0.379 e. The molecule has 1 amide bonds. The molecule has 0 aliphatic carbocycles. The van der Waals surface area contributed by atoms with Crippen LogP contribution in [0, 0.1) is 5.92 Å². The van der Waals surface area contributed by atoms with Crippen LogP contribution in [0.1, 0.15) is 13.8 Å². The van der Waals surface area contributed by atoms with E-state index in [0.29, 0.717) is 30.7 Å². The Hall–Kier alpha value is -1.15. The smallest absolute Gasteiger partial charge is 0.235 e. The predicted octanol–water partition coefficient (Wildman–Crippen LogP) is 1.59. The Morgan fingerprint density at radius 2 is 1.84 bits per heavy atom. The molecule has 1 aromatic carbocycles. The summed E-state index contributed by atoms with van der Waals surface area (Å²) in [6.45, 7) is 7.62. The van der Waals surface area contributed by atoms with Gasteiger partial charge in [0.15, 0.2) is 9.84 Å². The van der Waals surface area contributed by atoms with Gasteiger partial charge in [0.05, 0.1) is 18.1 Å². The van der Waals surface area contributed by atoms with Crippen LogP contribution in [0.15, 0.2) is 29.2 Å². The molecule has 140 valence electrons. The summed E-state index contributed by atoms with van der Waals surface area (Å²) in [6.07, 6.45) is 0. The molecule has 8 heteroatoms. The summed E-state index contributed by atoms with van der Waals surface area (Å²) in [5.41, 5.74) is 0. The van der Waals surface area contributed by atoms with E-state index < -0.39 is 21.5 Å². The zero-order valence-electron chi connectivity index (χ0n) is 14.6. The maximum atomic E-state index is 12.3. The molecule has 6 nitrogen and oxygen atoms in total. The molecule has 0 spiro atoms. The second-order valence-corrected chi connectivity index (χ2v) is 8.90. The topological polar surface area (TPSA) is 75.7 Å². The molecular weight excluding hydrogens is 364 g/mol. The van der Waals surface area contributed by atoms with E-state index in [2.05, 4.69) is 24.1 Å². The van der Waals surface area contributed by atoms with Crippen molar-refractivity contribution < 1.29 is 17.9 Å². The number of rotatable bonds is 7. The quantitative estimate of drug-likeness (QED) is 0.767. The highest BCUT2D eigenvalue weighted by Gasteiger charge is 2.25. The van der Waals surface area contributed by atoms with Crippen LogP contribution >= 0.6 is 11.6 Å². The zero-order chi connectivity index (χ0) is 18.4. The van der Waals surface area contributed by atoms with Crippen molar-refractivity contribution in [2.75, 3.05) is 38.6 Å². The van der Waals surface area contributed by atoms with Crippen LogP contribution in [0.5, 0.6) is 0 Å². The lowest BCUT2D eigenvalue weighted by molar-refractivity contribution is -0.119. The molecule has 1 unspecified atom stereocenters. The van der Waals surface area contributed by atoms with Gasteiger partial charge in [-0.3, -0.25) is 9.69 Å². The molecular formula is C17H25ClN2O4S. The first-order valence-corrected chi connectivity index (χ1v) is 10.4. The van der Waals surface area contributed by atoms with Crippen molar-refractivity contribution in [3.05, 3.63) is 29.3 Å². The highest BCUT2D eigenvalue weighted by molar-refractivity contribution is 7.92. The summed E-state index contributed by atoms with van der Waals surface area (Å²) < 4.78 is 30.0. The van der Waals surface area contributed by atoms with Gasteiger partial charge in [-0.05, 0) is 30.2 Å². The van der Waals surface area contributed by atoms with Crippen LogP contribution in [0.25, 0.3) is 0 Å². The number of hydrogen-bond donors (Lipinski definition) is 1. The van der Waals surface area contributed by atoms with Gasteiger partial charge in [-0.25, -0.2) is 8.42 Å². The van der Waals surface area contributed by atoms with Gasteiger partial charge >= 0.3 is 0 Å². The number of carbonyl (C=O) groups excluding carboxylic acids is 1. The monoisotopic (exact) mass is 388 g/mol. The maximum absolute atomic E-state index is 12.3. The van der Waals surface area contributed by atoms with E-state index in [4.69, 9.17) is 16.3 Å². The third kappa shape index (κ3) is 5.95. The molecule has 1 saturated heterocycles. The summed E-state index contributed by atoms with van der Waals surface area (Å²) >= 11 is 5.77. The predicted molar refractivity (Wildman–Crippen MR) is 97.5 cm³/mol. The van der Waals surface area contributed by atoms with E-state index in [1.54, 1.807) is 0 Å². The van der Waals surface area contributed by atoms with Gasteiger partial charge in [0.25, 0.3) is 0 Å². The van der Waals surface area contributed by atoms with E-state index in [-0.39, 0.29) is 10.9 Å². The van der Waals surface area contributed by atoms with Gasteiger partial charge in [-0.2, -0.15) is 0 Å². The van der Waals surface area contributed by atoms with Crippen LogP contribution in [-0.2, 0) is 19.4 Å². The molecule has 25 heavy (non-hydrogen) atoms. The number of sulfone groups is 1. The minimum Gasteiger partial charge on any atom is -0.379 e. The number of amides is 1. The fourth-order valence-electron chi connectivity index (χ4n) is 2.86. The molecule has 1 aromatic rings. The molecule has 0 aromatic heterocycles. The molecule has 0 saturated carbocycles. The normalized spacial score (nSPS) is 17.4. The Bertz CT molecular complexity index is 670. The molecule has 0 radical (unpaired) electrons. The molecule has 0 bridgehead atoms. The third-order valence-corrected chi connectivity index (χ3v) is 6.17. The van der Waals surface area contributed by atoms with Gasteiger partial charge < -0.3 is 10.1 Å². The summed E-state index contributed by atoms with van der Waals surface area (Å²) in [5, 5.41) is 3.22. The molecule has 1 aliphatic rings. The van der Waals surface area contributed by atoms with Crippen molar-refractivity contribution >= 4 is 27.3 Å². The van der Waals surface area contributed by atoms with Crippen LogP contribution in [0.3, 0.4) is 0 Å².